The summed E-state index contributed by atoms with van der Waals surface area (Å²) in [6.07, 6.45) is 7.13. The van der Waals surface area contributed by atoms with Crippen LogP contribution in [-0.2, 0) is 0 Å². The van der Waals surface area contributed by atoms with E-state index in [4.69, 9.17) is 0 Å². The molecule has 0 aliphatic carbocycles. The maximum atomic E-state index is 4.30. The van der Waals surface area contributed by atoms with Gasteiger partial charge in [0, 0.05) is 17.6 Å². The normalized spacial score (nSPS) is 10.7. The number of hydrogen-bond acceptors (Lipinski definition) is 13. The molecule has 0 saturated heterocycles. The molecule has 0 aliphatic rings. The van der Waals surface area contributed by atoms with Crippen LogP contribution in [-0.4, -0.2) is 94.7 Å². The van der Waals surface area contributed by atoms with Crippen molar-refractivity contribution in [2.24, 2.45) is 0 Å². The molecule has 1 aromatic carbocycles. The summed E-state index contributed by atoms with van der Waals surface area (Å²) in [5.41, 5.74) is 15.5. The fourth-order valence-electron chi connectivity index (χ4n) is 6.65. The second-order valence-electron chi connectivity index (χ2n) is 15.8. The van der Waals surface area contributed by atoms with E-state index < -0.39 is 0 Å². The molecule has 0 unspecified atom stereocenters. The van der Waals surface area contributed by atoms with Crippen LogP contribution in [0.3, 0.4) is 0 Å². The van der Waals surface area contributed by atoms with Crippen molar-refractivity contribution in [3.8, 4) is 0 Å². The molecule has 0 amide bonds. The summed E-state index contributed by atoms with van der Waals surface area (Å²) in [4.78, 5) is 72.9. The first-order valence-corrected chi connectivity index (χ1v) is 21.2. The van der Waals surface area contributed by atoms with Crippen LogP contribution < -0.4 is 0 Å². The summed E-state index contributed by atoms with van der Waals surface area (Å²) in [6.45, 7) is 23.3. The van der Waals surface area contributed by atoms with E-state index in [1.807, 2.05) is 119 Å². The van der Waals surface area contributed by atoms with E-state index in [2.05, 4.69) is 114 Å². The van der Waals surface area contributed by atoms with Crippen molar-refractivity contribution in [3.05, 3.63) is 136 Å². The van der Waals surface area contributed by atoms with Crippen molar-refractivity contribution in [1.29, 1.82) is 0 Å². The lowest BCUT2D eigenvalue weighted by molar-refractivity contribution is 1.08. The first-order valence-electron chi connectivity index (χ1n) is 21.2. The number of fused-ring (bicyclic) bond motifs is 6. The number of nitrogens with one attached hydrogen (secondary N) is 6. The third-order valence-electron chi connectivity index (χ3n) is 9.53. The maximum absolute atomic E-state index is 4.30. The Hall–Kier alpha value is -8.35. The number of pyridine rings is 3. The lowest BCUT2D eigenvalue weighted by Gasteiger charge is -1.89. The number of rotatable bonds is 0. The molecule has 11 aromatic heterocycles. The Morgan fingerprint density at radius 2 is 0.758 bits per heavy atom. The number of benzene rings is 1. The van der Waals surface area contributed by atoms with Crippen molar-refractivity contribution >= 4 is 66.7 Å². The third-order valence-corrected chi connectivity index (χ3v) is 9.53. The van der Waals surface area contributed by atoms with Crippen LogP contribution in [0.4, 0.5) is 0 Å². The van der Waals surface area contributed by atoms with Crippen molar-refractivity contribution in [2.75, 3.05) is 0 Å². The zero-order valence-electron chi connectivity index (χ0n) is 39.2. The van der Waals surface area contributed by atoms with Crippen LogP contribution in [0.25, 0.3) is 66.7 Å². The summed E-state index contributed by atoms with van der Waals surface area (Å²) in [6, 6.07) is 14.2. The number of hydrogen-bond donors (Lipinski definition) is 6. The van der Waals surface area contributed by atoms with Gasteiger partial charge in [0.15, 0.2) is 22.6 Å². The predicted octanol–water partition coefficient (Wildman–Crippen LogP) is 8.84. The van der Waals surface area contributed by atoms with Gasteiger partial charge in [0.25, 0.3) is 0 Å². The van der Waals surface area contributed by atoms with E-state index >= 15 is 0 Å². The Bertz CT molecular complexity index is 2940. The first-order chi connectivity index (χ1) is 31.5. The standard InChI is InChI=1S/C9H10N2.3C8H9N3.2C7H8N4/c1-6-3-4-8-9(5-6)11-7(2)10-8;1-5-3-7-8(4-9-5)11-6(2)10-7;1-5-3-7-8(9-4-5)11-6(2)10-7;1-5-3-4-7-8(9-5)11-6(2)10-7;2*1-4-8-3-6-7(10-4)11-5(2)9-6/h3-5H,1-2H3,(H,10,11);3-4H,1-2H3,(H,10,11);2*3-4H,1-2H3,(H,9,10,11);2*3H,1-2H3,(H,8,9,10,11). The van der Waals surface area contributed by atoms with Crippen LogP contribution in [0, 0.1) is 83.1 Å². The summed E-state index contributed by atoms with van der Waals surface area (Å²) >= 11 is 0. The Labute approximate surface area is 379 Å². The van der Waals surface area contributed by atoms with Gasteiger partial charge in [0.05, 0.1) is 51.7 Å². The molecule has 11 heterocycles. The number of imidazole rings is 6. The number of aromatic nitrogens is 19. The fourth-order valence-corrected chi connectivity index (χ4v) is 6.65. The van der Waals surface area contributed by atoms with Gasteiger partial charge in [-0.05, 0) is 131 Å². The van der Waals surface area contributed by atoms with Gasteiger partial charge in [-0.15, -0.1) is 0 Å². The molecule has 0 spiro atoms. The van der Waals surface area contributed by atoms with Crippen LogP contribution in [0.1, 0.15) is 69.1 Å². The maximum Gasteiger partial charge on any atom is 0.181 e. The molecule has 0 saturated carbocycles. The van der Waals surface area contributed by atoms with Gasteiger partial charge in [-0.1, -0.05) is 6.07 Å². The third kappa shape index (κ3) is 12.0. The highest BCUT2D eigenvalue weighted by molar-refractivity contribution is 5.76. The van der Waals surface area contributed by atoms with E-state index in [1.165, 1.54) is 5.56 Å². The minimum absolute atomic E-state index is 0.745. The zero-order chi connectivity index (χ0) is 47.1. The lowest BCUT2D eigenvalue weighted by Crippen LogP contribution is -1.85. The van der Waals surface area contributed by atoms with Gasteiger partial charge >= 0.3 is 0 Å². The Morgan fingerprint density at radius 1 is 0.288 bits per heavy atom. The van der Waals surface area contributed by atoms with Gasteiger partial charge in [0.2, 0.25) is 0 Å². The van der Waals surface area contributed by atoms with Crippen LogP contribution in [0.15, 0.2) is 67.3 Å². The second-order valence-corrected chi connectivity index (χ2v) is 15.8. The van der Waals surface area contributed by atoms with E-state index in [9.17, 15) is 0 Å². The molecule has 12 aromatic rings. The molecule has 0 fully saturated rings. The number of aromatic amines is 6. The van der Waals surface area contributed by atoms with Gasteiger partial charge in [0.1, 0.15) is 57.6 Å². The van der Waals surface area contributed by atoms with Crippen molar-refractivity contribution in [1.82, 2.24) is 94.7 Å². The lowest BCUT2D eigenvalue weighted by atomic mass is 10.2. The minimum Gasteiger partial charge on any atom is -0.342 e. The molecule has 19 heteroatoms. The molecule has 0 aliphatic heterocycles. The van der Waals surface area contributed by atoms with Gasteiger partial charge in [-0.2, -0.15) is 0 Å². The quantitative estimate of drug-likeness (QED) is 0.0832. The van der Waals surface area contributed by atoms with E-state index in [0.717, 1.165) is 130 Å². The van der Waals surface area contributed by atoms with Crippen LogP contribution in [0.2, 0.25) is 0 Å². The largest absolute Gasteiger partial charge is 0.342 e. The Kier molecular flexibility index (Phi) is 13.8. The van der Waals surface area contributed by atoms with E-state index in [0.29, 0.717) is 0 Å². The first kappa shape index (κ1) is 45.7. The molecule has 19 nitrogen and oxygen atoms in total. The van der Waals surface area contributed by atoms with Gasteiger partial charge in [-0.3, -0.25) is 4.98 Å². The second kappa shape index (κ2) is 20.0. The highest BCUT2D eigenvalue weighted by Gasteiger charge is 2.03. The number of nitrogens with zero attached hydrogens (tertiary/aromatic N) is 13. The SMILES string of the molecule is Cc1cc2nc(C)[nH]c2cn1.Cc1ccc2[nH]c(C)nc2n1.Cc1ccc2nc(C)[nH]c2c1.Cc1cnc2nc(C)[nH]c2c1.Cc1ncc2[nH]c(C)nc2n1.Cc1ncc2[nH]c(C)nc2n1. The molecule has 12 rings (SSSR count). The highest BCUT2D eigenvalue weighted by Crippen LogP contribution is 2.14. The molecule has 0 atom stereocenters. The van der Waals surface area contributed by atoms with Gasteiger partial charge in [-0.25, -0.2) is 59.8 Å². The predicted molar refractivity (Wildman–Crippen MR) is 258 cm³/mol. The molecule has 336 valence electrons. The van der Waals surface area contributed by atoms with E-state index in [1.54, 1.807) is 12.4 Å². The molecule has 0 radical (unpaired) electrons. The average molecular weight is 884 g/mol. The molecule has 6 N–H and O–H groups in total. The van der Waals surface area contributed by atoms with Crippen molar-refractivity contribution in [2.45, 2.75) is 83.1 Å². The Morgan fingerprint density at radius 3 is 1.38 bits per heavy atom. The molecular weight excluding hydrogens is 831 g/mol. The van der Waals surface area contributed by atoms with Crippen molar-refractivity contribution < 1.29 is 0 Å². The Balaban J connectivity index is 0.000000118. The van der Waals surface area contributed by atoms with E-state index in [-0.39, 0.29) is 0 Å². The summed E-state index contributed by atoms with van der Waals surface area (Å²) in [5, 5.41) is 0. The number of H-pyrrole nitrogens is 6. The highest BCUT2D eigenvalue weighted by atomic mass is 15.0. The van der Waals surface area contributed by atoms with Crippen LogP contribution in [0.5, 0.6) is 0 Å². The smallest absolute Gasteiger partial charge is 0.181 e. The number of aryl methyl sites for hydroxylation is 12. The summed E-state index contributed by atoms with van der Waals surface area (Å²) < 4.78 is 0. The zero-order valence-corrected chi connectivity index (χ0v) is 39.2. The molecule has 0 bridgehead atoms. The topological polar surface area (TPSA) is 262 Å². The molecular formula is C47H53N19. The monoisotopic (exact) mass is 883 g/mol. The average Bonchev–Trinajstić information content (AvgIpc) is 4.11. The summed E-state index contributed by atoms with van der Waals surface area (Å²) in [5.74, 6) is 7.00. The molecule has 66 heavy (non-hydrogen) atoms. The fraction of sp³-hybridized carbons (Fsp3) is 0.255. The minimum atomic E-state index is 0.745. The van der Waals surface area contributed by atoms with Crippen molar-refractivity contribution in [3.63, 3.8) is 0 Å². The van der Waals surface area contributed by atoms with Gasteiger partial charge < -0.3 is 29.9 Å². The van der Waals surface area contributed by atoms with Crippen LogP contribution >= 0.6 is 0 Å². The summed E-state index contributed by atoms with van der Waals surface area (Å²) in [7, 11) is 0.